The molecular weight excluding hydrogens is 680 g/mol. The molecule has 1 aliphatic heterocycles. The molecule has 2 aromatic rings. The average Bonchev–Trinajstić information content (AvgIpc) is 3.14. The first-order chi connectivity index (χ1) is 24.8. The predicted molar refractivity (Wildman–Crippen MR) is 183 cm³/mol. The fourth-order valence-corrected chi connectivity index (χ4v) is 5.09. The Balaban J connectivity index is 1.41. The Labute approximate surface area is 299 Å². The van der Waals surface area contributed by atoms with Crippen molar-refractivity contribution in [1.82, 2.24) is 31.9 Å². The number of carbonyl (C=O) groups excluding carboxylic acids is 8. The molecule has 3 rings (SSSR count). The Morgan fingerprint density at radius 1 is 0.596 bits per heavy atom. The Morgan fingerprint density at radius 2 is 0.923 bits per heavy atom. The number of nitrogens with one attached hydrogen (secondary N) is 6. The predicted octanol–water partition coefficient (Wildman–Crippen LogP) is -3.30. The van der Waals surface area contributed by atoms with E-state index in [9.17, 15) is 38.4 Å². The molecule has 1 aliphatic rings. The molecule has 0 spiro atoms. The van der Waals surface area contributed by atoms with Gasteiger partial charge in [0.15, 0.2) is 0 Å². The van der Waals surface area contributed by atoms with Gasteiger partial charge in [0.1, 0.15) is 24.2 Å². The van der Waals surface area contributed by atoms with Crippen molar-refractivity contribution in [2.75, 3.05) is 27.3 Å². The van der Waals surface area contributed by atoms with Crippen LogP contribution in [-0.2, 0) is 73.8 Å². The van der Waals surface area contributed by atoms with E-state index < -0.39 is 97.5 Å². The van der Waals surface area contributed by atoms with E-state index in [2.05, 4.69) is 31.9 Å². The summed E-state index contributed by atoms with van der Waals surface area (Å²) in [7, 11) is 2.35. The molecule has 280 valence electrons. The molecule has 0 saturated carbocycles. The minimum atomic E-state index is -1.29. The molecule has 0 aliphatic carbocycles. The highest BCUT2D eigenvalue weighted by Gasteiger charge is 2.36. The first-order valence-electron chi connectivity index (χ1n) is 16.3. The van der Waals surface area contributed by atoms with E-state index in [4.69, 9.17) is 20.9 Å². The number of methoxy groups -OCH3 is 2. The van der Waals surface area contributed by atoms with Crippen molar-refractivity contribution in [3.05, 3.63) is 70.8 Å². The second kappa shape index (κ2) is 20.1. The number of amides is 6. The quantitative estimate of drug-likeness (QED) is 0.0703. The molecule has 1 heterocycles. The van der Waals surface area contributed by atoms with E-state index >= 15 is 0 Å². The Bertz CT molecular complexity index is 1500. The van der Waals surface area contributed by atoms with Crippen molar-refractivity contribution >= 4 is 47.4 Å². The van der Waals surface area contributed by atoms with Crippen LogP contribution >= 0.6 is 0 Å². The summed E-state index contributed by atoms with van der Waals surface area (Å²) in [6, 6.07) is 9.58. The lowest BCUT2D eigenvalue weighted by Gasteiger charge is -2.29. The largest absolute Gasteiger partial charge is 0.467 e. The highest BCUT2D eigenvalue weighted by Crippen LogP contribution is 2.10. The van der Waals surface area contributed by atoms with Crippen LogP contribution in [-0.4, -0.2) is 98.9 Å². The maximum absolute atomic E-state index is 12.6. The van der Waals surface area contributed by atoms with Gasteiger partial charge in [-0.3, -0.25) is 28.8 Å². The third kappa shape index (κ3) is 12.8. The van der Waals surface area contributed by atoms with Crippen molar-refractivity contribution < 1.29 is 47.8 Å². The van der Waals surface area contributed by atoms with E-state index in [0.29, 0.717) is 13.1 Å². The van der Waals surface area contributed by atoms with Crippen LogP contribution in [0.15, 0.2) is 48.5 Å². The highest BCUT2D eigenvalue weighted by atomic mass is 16.5. The molecule has 1 fully saturated rings. The molecule has 10 N–H and O–H groups in total. The summed E-state index contributed by atoms with van der Waals surface area (Å²) in [6.45, 7) is -0.365. The van der Waals surface area contributed by atoms with Crippen LogP contribution < -0.4 is 43.4 Å². The van der Waals surface area contributed by atoms with Crippen LogP contribution in [0.25, 0.3) is 0 Å². The summed E-state index contributed by atoms with van der Waals surface area (Å²) < 4.78 is 9.56. The number of hydrogen-bond acceptors (Lipinski definition) is 12. The minimum absolute atomic E-state index is 0.124. The Morgan fingerprint density at radius 3 is 1.23 bits per heavy atom. The lowest BCUT2D eigenvalue weighted by atomic mass is 10.0. The summed E-state index contributed by atoms with van der Waals surface area (Å²) in [5.41, 5.74) is 14.5. The molecule has 2 aromatic carbocycles. The molecule has 18 heteroatoms. The Kier molecular flexibility index (Phi) is 15.7. The van der Waals surface area contributed by atoms with Crippen molar-refractivity contribution in [2.45, 2.75) is 62.9 Å². The second-order valence-corrected chi connectivity index (χ2v) is 11.8. The molecule has 2 unspecified atom stereocenters. The van der Waals surface area contributed by atoms with E-state index in [0.717, 1.165) is 22.3 Å². The summed E-state index contributed by atoms with van der Waals surface area (Å²) in [5.74, 6) is -5.77. The fourth-order valence-electron chi connectivity index (χ4n) is 5.09. The van der Waals surface area contributed by atoms with Crippen LogP contribution in [0.4, 0.5) is 0 Å². The van der Waals surface area contributed by atoms with Crippen molar-refractivity contribution in [3.8, 4) is 0 Å². The number of hydrogen-bond donors (Lipinski definition) is 8. The van der Waals surface area contributed by atoms with Gasteiger partial charge in [0.05, 0.1) is 40.2 Å². The lowest BCUT2D eigenvalue weighted by molar-refractivity contribution is -0.145. The number of ether oxygens (including phenoxy) is 2. The molecule has 0 radical (unpaired) electrons. The third-order valence-corrected chi connectivity index (χ3v) is 7.98. The number of esters is 2. The zero-order chi connectivity index (χ0) is 38.2. The molecule has 6 amide bonds. The van der Waals surface area contributed by atoms with Gasteiger partial charge in [0, 0.05) is 25.9 Å². The molecule has 1 saturated heterocycles. The molecular formula is C34H44N8O10. The second-order valence-electron chi connectivity index (χ2n) is 11.8. The van der Waals surface area contributed by atoms with Gasteiger partial charge in [-0.15, -0.1) is 0 Å². The monoisotopic (exact) mass is 724 g/mol. The van der Waals surface area contributed by atoms with Gasteiger partial charge in [-0.25, -0.2) is 9.59 Å². The van der Waals surface area contributed by atoms with Crippen molar-refractivity contribution in [2.24, 2.45) is 11.5 Å². The van der Waals surface area contributed by atoms with Crippen LogP contribution in [0.3, 0.4) is 0 Å². The van der Waals surface area contributed by atoms with Crippen LogP contribution in [0.5, 0.6) is 0 Å². The SMILES string of the molecule is COC(=O)C(Cc1ccc(CN)cc1)NC(=O)CNC(=O)C[C@@H]1NC(=O)[C@@H](CC(=O)NCC(=O)NC(Cc2ccc(CN)cc2)C(=O)OC)NC1=O. The third-order valence-electron chi connectivity index (χ3n) is 7.98. The van der Waals surface area contributed by atoms with Gasteiger partial charge in [-0.2, -0.15) is 0 Å². The van der Waals surface area contributed by atoms with Gasteiger partial charge in [0.2, 0.25) is 35.4 Å². The summed E-state index contributed by atoms with van der Waals surface area (Å²) in [4.78, 5) is 99.9. The first-order valence-corrected chi connectivity index (χ1v) is 16.3. The summed E-state index contributed by atoms with van der Waals surface area (Å²) in [5, 5.41) is 14.4. The van der Waals surface area contributed by atoms with Gasteiger partial charge in [-0.05, 0) is 22.3 Å². The molecule has 18 nitrogen and oxygen atoms in total. The van der Waals surface area contributed by atoms with Crippen molar-refractivity contribution in [1.29, 1.82) is 0 Å². The first kappa shape index (κ1) is 40.5. The smallest absolute Gasteiger partial charge is 0.328 e. The zero-order valence-electron chi connectivity index (χ0n) is 28.8. The van der Waals surface area contributed by atoms with E-state index in [-0.39, 0.29) is 12.8 Å². The molecule has 52 heavy (non-hydrogen) atoms. The maximum atomic E-state index is 12.6. The Hall–Kier alpha value is -5.88. The van der Waals surface area contributed by atoms with Gasteiger partial charge in [-0.1, -0.05) is 48.5 Å². The lowest BCUT2D eigenvalue weighted by Crippen LogP contribution is -2.63. The molecule has 0 aromatic heterocycles. The number of nitrogens with two attached hydrogens (primary N) is 2. The topological polar surface area (TPSA) is 279 Å². The minimum Gasteiger partial charge on any atom is -0.467 e. The van der Waals surface area contributed by atoms with Crippen LogP contribution in [0.2, 0.25) is 0 Å². The van der Waals surface area contributed by atoms with E-state index in [1.807, 2.05) is 0 Å². The fraction of sp³-hybridized carbons (Fsp3) is 0.412. The van der Waals surface area contributed by atoms with Crippen LogP contribution in [0, 0.1) is 0 Å². The van der Waals surface area contributed by atoms with Crippen LogP contribution in [0.1, 0.15) is 35.1 Å². The highest BCUT2D eigenvalue weighted by molar-refractivity contribution is 6.01. The van der Waals surface area contributed by atoms with E-state index in [1.165, 1.54) is 14.2 Å². The molecule has 4 atom stereocenters. The van der Waals surface area contributed by atoms with Crippen molar-refractivity contribution in [3.63, 3.8) is 0 Å². The van der Waals surface area contributed by atoms with E-state index in [1.54, 1.807) is 48.5 Å². The number of benzene rings is 2. The summed E-state index contributed by atoms with van der Waals surface area (Å²) >= 11 is 0. The van der Waals surface area contributed by atoms with Gasteiger partial charge in [0.25, 0.3) is 0 Å². The number of rotatable bonds is 18. The van der Waals surface area contributed by atoms with Gasteiger partial charge < -0.3 is 52.8 Å². The number of piperazine rings is 1. The normalized spacial score (nSPS) is 16.2. The maximum Gasteiger partial charge on any atom is 0.328 e. The molecule has 0 bridgehead atoms. The van der Waals surface area contributed by atoms with Gasteiger partial charge >= 0.3 is 11.9 Å². The zero-order valence-corrected chi connectivity index (χ0v) is 28.8. The average molecular weight is 725 g/mol. The standard InChI is InChI=1S/C34H44N8O10/c1-51-33(49)25(11-19-3-7-21(15-35)8-4-19)39-29(45)17-37-27(43)13-23-31(47)42-24(32(48)41-23)14-28(44)38-18-30(46)40-26(34(50)52-2)12-20-5-9-22(16-36)10-6-20/h3-10,23-26H,11-18,35-36H2,1-2H3,(H,37,43)(H,38,44)(H,39,45)(H,40,46)(H,41,48)(H,42,47)/t23-,24+,25?,26?. The number of carbonyl (C=O) groups is 8. The summed E-state index contributed by atoms with van der Waals surface area (Å²) in [6.07, 6.45) is -0.786.